The second-order valence-corrected chi connectivity index (χ2v) is 8.01. The molecule has 158 valence electrons. The van der Waals surface area contributed by atoms with Crippen LogP contribution in [0.15, 0.2) is 48.5 Å². The van der Waals surface area contributed by atoms with Crippen LogP contribution < -0.4 is 10.2 Å². The molecule has 3 heterocycles. The molecule has 1 aliphatic rings. The maximum Gasteiger partial charge on any atom is 0.231 e. The fourth-order valence-corrected chi connectivity index (χ4v) is 3.94. The third-order valence-electron chi connectivity index (χ3n) is 5.41. The fourth-order valence-electron chi connectivity index (χ4n) is 3.94. The number of morpholine rings is 1. The lowest BCUT2D eigenvalue weighted by Crippen LogP contribution is -2.37. The largest absolute Gasteiger partial charge is 0.378 e. The Kier molecular flexibility index (Phi) is 5.26. The Labute approximate surface area is 181 Å². The minimum absolute atomic E-state index is 0.561. The number of anilines is 3. The van der Waals surface area contributed by atoms with E-state index in [1.165, 1.54) is 16.7 Å². The van der Waals surface area contributed by atoms with Crippen molar-refractivity contribution in [3.05, 3.63) is 71.0 Å². The van der Waals surface area contributed by atoms with Crippen LogP contribution in [0.5, 0.6) is 0 Å². The molecule has 0 amide bonds. The summed E-state index contributed by atoms with van der Waals surface area (Å²) in [5, 5.41) is 3.35. The van der Waals surface area contributed by atoms with Crippen LogP contribution in [0.25, 0.3) is 11.2 Å². The van der Waals surface area contributed by atoms with Gasteiger partial charge >= 0.3 is 0 Å². The van der Waals surface area contributed by atoms with E-state index in [-0.39, 0.29) is 0 Å². The molecule has 31 heavy (non-hydrogen) atoms. The molecule has 7 nitrogen and oxygen atoms in total. The summed E-state index contributed by atoms with van der Waals surface area (Å²) in [6.07, 6.45) is 0.723. The van der Waals surface area contributed by atoms with Crippen LogP contribution in [0.2, 0.25) is 0 Å². The van der Waals surface area contributed by atoms with Crippen molar-refractivity contribution in [1.29, 1.82) is 0 Å². The SMILES string of the molecule is Cc1cccc(Cc2nc3c(N4CCOCC4)nc(Nc4cccc(C)c4)nc3[nH]2)c1. The van der Waals surface area contributed by atoms with Crippen molar-refractivity contribution in [2.75, 3.05) is 36.5 Å². The van der Waals surface area contributed by atoms with Gasteiger partial charge in [0.15, 0.2) is 17.0 Å². The zero-order valence-electron chi connectivity index (χ0n) is 17.9. The zero-order valence-corrected chi connectivity index (χ0v) is 17.9. The van der Waals surface area contributed by atoms with Crippen molar-refractivity contribution in [2.24, 2.45) is 0 Å². The van der Waals surface area contributed by atoms with E-state index in [0.717, 1.165) is 48.0 Å². The van der Waals surface area contributed by atoms with Gasteiger partial charge in [-0.3, -0.25) is 0 Å². The number of aromatic amines is 1. The van der Waals surface area contributed by atoms with Crippen molar-refractivity contribution in [3.63, 3.8) is 0 Å². The molecule has 1 saturated heterocycles. The Morgan fingerprint density at radius 2 is 1.74 bits per heavy atom. The number of benzene rings is 2. The maximum absolute atomic E-state index is 5.54. The number of rotatable bonds is 5. The standard InChI is InChI=1S/C24H26N6O/c1-16-5-3-7-18(13-16)15-20-26-21-22(27-20)28-24(25-19-8-4-6-17(2)14-19)29-23(21)30-9-11-31-12-10-30/h3-8,13-14H,9-12,15H2,1-2H3,(H2,25,26,27,28,29). The van der Waals surface area contributed by atoms with E-state index in [9.17, 15) is 0 Å². The molecule has 0 aliphatic carbocycles. The topological polar surface area (TPSA) is 79.0 Å². The van der Waals surface area contributed by atoms with Crippen molar-refractivity contribution in [3.8, 4) is 0 Å². The molecule has 2 aromatic carbocycles. The number of H-pyrrole nitrogens is 1. The zero-order chi connectivity index (χ0) is 21.2. The monoisotopic (exact) mass is 414 g/mol. The van der Waals surface area contributed by atoms with E-state index in [1.54, 1.807) is 0 Å². The molecule has 0 spiro atoms. The predicted octanol–water partition coefficient (Wildman–Crippen LogP) is 4.14. The molecule has 7 heteroatoms. The van der Waals surface area contributed by atoms with Crippen molar-refractivity contribution in [1.82, 2.24) is 19.9 Å². The number of imidazole rings is 1. The number of aromatic nitrogens is 4. The minimum atomic E-state index is 0.561. The summed E-state index contributed by atoms with van der Waals surface area (Å²) in [6, 6.07) is 16.7. The van der Waals surface area contributed by atoms with Crippen molar-refractivity contribution < 1.29 is 4.74 Å². The highest BCUT2D eigenvalue weighted by molar-refractivity contribution is 5.85. The van der Waals surface area contributed by atoms with Gasteiger partial charge in [-0.05, 0) is 37.1 Å². The number of nitrogens with one attached hydrogen (secondary N) is 2. The third-order valence-corrected chi connectivity index (χ3v) is 5.41. The summed E-state index contributed by atoms with van der Waals surface area (Å²) in [4.78, 5) is 20.1. The van der Waals surface area contributed by atoms with Gasteiger partial charge in [0.2, 0.25) is 5.95 Å². The Balaban J connectivity index is 1.53. The quantitative estimate of drug-likeness (QED) is 0.511. The van der Waals surface area contributed by atoms with E-state index < -0.39 is 0 Å². The van der Waals surface area contributed by atoms with Gasteiger partial charge in [-0.25, -0.2) is 4.98 Å². The van der Waals surface area contributed by atoms with Gasteiger partial charge in [-0.1, -0.05) is 42.0 Å². The summed E-state index contributed by atoms with van der Waals surface area (Å²) in [6.45, 7) is 7.12. The number of ether oxygens (including phenoxy) is 1. The lowest BCUT2D eigenvalue weighted by Gasteiger charge is -2.28. The molecule has 2 aromatic heterocycles. The normalized spacial score (nSPS) is 14.2. The summed E-state index contributed by atoms with van der Waals surface area (Å²) in [5.74, 6) is 2.29. The van der Waals surface area contributed by atoms with Gasteiger partial charge in [-0.15, -0.1) is 0 Å². The summed E-state index contributed by atoms with van der Waals surface area (Å²) in [5.41, 5.74) is 6.16. The van der Waals surface area contributed by atoms with Gasteiger partial charge in [-0.2, -0.15) is 9.97 Å². The minimum Gasteiger partial charge on any atom is -0.378 e. The number of hydrogen-bond donors (Lipinski definition) is 2. The van der Waals surface area contributed by atoms with Gasteiger partial charge in [0, 0.05) is 25.2 Å². The first kappa shape index (κ1) is 19.5. The summed E-state index contributed by atoms with van der Waals surface area (Å²) < 4.78 is 5.54. The Hall–Kier alpha value is -3.45. The highest BCUT2D eigenvalue weighted by Gasteiger charge is 2.20. The third kappa shape index (κ3) is 4.36. The number of fused-ring (bicyclic) bond motifs is 1. The smallest absolute Gasteiger partial charge is 0.231 e. The van der Waals surface area contributed by atoms with E-state index in [2.05, 4.69) is 65.4 Å². The highest BCUT2D eigenvalue weighted by atomic mass is 16.5. The van der Waals surface area contributed by atoms with Gasteiger partial charge < -0.3 is 19.9 Å². The van der Waals surface area contributed by atoms with Gasteiger partial charge in [0.25, 0.3) is 0 Å². The van der Waals surface area contributed by atoms with Crippen molar-refractivity contribution >= 4 is 28.6 Å². The Morgan fingerprint density at radius 1 is 0.968 bits per heavy atom. The molecule has 0 radical (unpaired) electrons. The average molecular weight is 415 g/mol. The second-order valence-electron chi connectivity index (χ2n) is 8.01. The van der Waals surface area contributed by atoms with Crippen molar-refractivity contribution in [2.45, 2.75) is 20.3 Å². The number of aryl methyl sites for hydroxylation is 2. The maximum atomic E-state index is 5.54. The first-order valence-corrected chi connectivity index (χ1v) is 10.6. The lowest BCUT2D eigenvalue weighted by molar-refractivity contribution is 0.122. The van der Waals surface area contributed by atoms with E-state index in [1.807, 2.05) is 12.1 Å². The molecule has 0 unspecified atom stereocenters. The molecule has 0 bridgehead atoms. The second kappa shape index (κ2) is 8.35. The molecule has 0 atom stereocenters. The Morgan fingerprint density at radius 3 is 2.52 bits per heavy atom. The number of hydrogen-bond acceptors (Lipinski definition) is 6. The predicted molar refractivity (Wildman–Crippen MR) is 123 cm³/mol. The van der Waals surface area contributed by atoms with Crippen LogP contribution in [-0.4, -0.2) is 46.2 Å². The van der Waals surface area contributed by atoms with Gasteiger partial charge in [0.1, 0.15) is 5.82 Å². The number of nitrogens with zero attached hydrogens (tertiary/aromatic N) is 4. The summed E-state index contributed by atoms with van der Waals surface area (Å²) >= 11 is 0. The van der Waals surface area contributed by atoms with Gasteiger partial charge in [0.05, 0.1) is 13.2 Å². The first-order chi connectivity index (χ1) is 15.1. The van der Waals surface area contributed by atoms with Crippen LogP contribution in [0, 0.1) is 13.8 Å². The van der Waals surface area contributed by atoms with Crippen LogP contribution in [0.4, 0.5) is 17.5 Å². The van der Waals surface area contributed by atoms with Crippen LogP contribution in [0.3, 0.4) is 0 Å². The molecule has 1 aliphatic heterocycles. The van der Waals surface area contributed by atoms with Crippen LogP contribution >= 0.6 is 0 Å². The molecular weight excluding hydrogens is 388 g/mol. The van der Waals surface area contributed by atoms with Crippen LogP contribution in [0.1, 0.15) is 22.5 Å². The molecule has 5 rings (SSSR count). The Bertz CT molecular complexity index is 1210. The molecule has 2 N–H and O–H groups in total. The molecule has 0 saturated carbocycles. The fraction of sp³-hybridized carbons (Fsp3) is 0.292. The summed E-state index contributed by atoms with van der Waals surface area (Å²) in [7, 11) is 0. The molecular formula is C24H26N6O. The van der Waals surface area contributed by atoms with E-state index in [4.69, 9.17) is 19.7 Å². The molecule has 1 fully saturated rings. The lowest BCUT2D eigenvalue weighted by atomic mass is 10.1. The van der Waals surface area contributed by atoms with E-state index in [0.29, 0.717) is 19.2 Å². The first-order valence-electron chi connectivity index (χ1n) is 10.6. The average Bonchev–Trinajstić information content (AvgIpc) is 3.16. The molecule has 4 aromatic rings. The van der Waals surface area contributed by atoms with Crippen LogP contribution in [-0.2, 0) is 11.2 Å². The highest BCUT2D eigenvalue weighted by Crippen LogP contribution is 2.27. The van der Waals surface area contributed by atoms with E-state index >= 15 is 0 Å².